The highest BCUT2D eigenvalue weighted by Gasteiger charge is 2.20. The molecule has 3 aromatic heterocycles. The second kappa shape index (κ2) is 4.39. The first-order chi connectivity index (χ1) is 10.1. The molecule has 106 valence electrons. The molecule has 3 heterocycles. The van der Waals surface area contributed by atoms with Crippen LogP contribution in [0.15, 0.2) is 28.7 Å². The minimum Gasteiger partial charge on any atom is -0.452 e. The maximum Gasteiger partial charge on any atom is 0.235 e. The molecule has 5 nitrogen and oxygen atoms in total. The molecule has 0 bridgehead atoms. The average molecular weight is 298 g/mol. The molecule has 1 aromatic carbocycles. The normalized spacial score (nSPS) is 12.0. The summed E-state index contributed by atoms with van der Waals surface area (Å²) in [5.74, 6) is 1.78. The van der Waals surface area contributed by atoms with Crippen molar-refractivity contribution < 1.29 is 4.42 Å². The molecule has 0 aliphatic carbocycles. The van der Waals surface area contributed by atoms with Gasteiger partial charge in [-0.15, -0.1) is 10.2 Å². The second-order valence-electron chi connectivity index (χ2n) is 5.37. The molecule has 4 aromatic rings. The third kappa shape index (κ3) is 1.79. The van der Waals surface area contributed by atoms with E-state index >= 15 is 0 Å². The van der Waals surface area contributed by atoms with Gasteiger partial charge in [0.15, 0.2) is 5.76 Å². The van der Waals surface area contributed by atoms with E-state index in [1.807, 2.05) is 25.1 Å². The Balaban J connectivity index is 1.97. The first kappa shape index (κ1) is 12.5. The molecular weight excluding hydrogens is 284 g/mol. The van der Waals surface area contributed by atoms with Crippen molar-refractivity contribution in [1.29, 1.82) is 0 Å². The molecule has 21 heavy (non-hydrogen) atoms. The molecule has 6 heteroatoms. The zero-order valence-electron chi connectivity index (χ0n) is 12.0. The first-order valence-electron chi connectivity index (χ1n) is 6.86. The molecular formula is C15H14N4OS. The fourth-order valence-corrected chi connectivity index (χ4v) is 3.23. The zero-order valence-corrected chi connectivity index (χ0v) is 12.8. The quantitative estimate of drug-likeness (QED) is 0.560. The summed E-state index contributed by atoms with van der Waals surface area (Å²) in [5, 5.41) is 15.2. The number of nitrogens with zero attached hydrogens (tertiary/aromatic N) is 4. The van der Waals surface area contributed by atoms with Crippen LogP contribution in [0.25, 0.3) is 27.5 Å². The molecule has 0 spiro atoms. The summed E-state index contributed by atoms with van der Waals surface area (Å²) in [5.41, 5.74) is 1.93. The van der Waals surface area contributed by atoms with Gasteiger partial charge in [0.2, 0.25) is 10.8 Å². The minimum atomic E-state index is 0.376. The largest absolute Gasteiger partial charge is 0.452 e. The van der Waals surface area contributed by atoms with Crippen molar-refractivity contribution in [2.45, 2.75) is 26.7 Å². The molecule has 0 atom stereocenters. The molecule has 0 aliphatic rings. The fourth-order valence-electron chi connectivity index (χ4n) is 2.39. The molecule has 0 saturated carbocycles. The number of fused-ring (bicyclic) bond motifs is 2. The van der Waals surface area contributed by atoms with Crippen molar-refractivity contribution in [3.05, 3.63) is 34.8 Å². The minimum absolute atomic E-state index is 0.376. The SMILES string of the molecule is Cc1c(-c2nnc3sc(C(C)C)nn23)oc2ccccc12. The van der Waals surface area contributed by atoms with Crippen LogP contribution in [0.2, 0.25) is 0 Å². The van der Waals surface area contributed by atoms with Gasteiger partial charge in [-0.2, -0.15) is 9.61 Å². The number of aromatic nitrogens is 4. The van der Waals surface area contributed by atoms with Gasteiger partial charge in [0, 0.05) is 16.9 Å². The monoisotopic (exact) mass is 298 g/mol. The second-order valence-corrected chi connectivity index (χ2v) is 6.35. The number of hydrogen-bond donors (Lipinski definition) is 0. The van der Waals surface area contributed by atoms with Crippen LogP contribution in [0.4, 0.5) is 0 Å². The molecule has 0 N–H and O–H groups in total. The number of rotatable bonds is 2. The van der Waals surface area contributed by atoms with Crippen molar-refractivity contribution in [3.63, 3.8) is 0 Å². The van der Waals surface area contributed by atoms with Crippen LogP contribution < -0.4 is 0 Å². The predicted octanol–water partition coefficient (Wildman–Crippen LogP) is 4.03. The first-order valence-corrected chi connectivity index (χ1v) is 7.67. The van der Waals surface area contributed by atoms with Crippen molar-refractivity contribution >= 4 is 27.3 Å². The van der Waals surface area contributed by atoms with E-state index in [-0.39, 0.29) is 0 Å². The Morgan fingerprint density at radius 2 is 2.00 bits per heavy atom. The molecule has 4 rings (SSSR count). The summed E-state index contributed by atoms with van der Waals surface area (Å²) in [6.07, 6.45) is 0. The lowest BCUT2D eigenvalue weighted by molar-refractivity contribution is 0.618. The van der Waals surface area contributed by atoms with E-state index in [1.54, 1.807) is 15.9 Å². The van der Waals surface area contributed by atoms with Gasteiger partial charge in [0.25, 0.3) is 0 Å². The standard InChI is InChI=1S/C15H14N4OS/c1-8(2)14-18-19-13(16-17-15(19)21-14)12-9(3)10-6-4-5-7-11(10)20-12/h4-8H,1-3H3. The van der Waals surface area contributed by atoms with E-state index < -0.39 is 0 Å². The van der Waals surface area contributed by atoms with Gasteiger partial charge in [-0.25, -0.2) is 0 Å². The predicted molar refractivity (Wildman–Crippen MR) is 82.7 cm³/mol. The Morgan fingerprint density at radius 3 is 2.76 bits per heavy atom. The fraction of sp³-hybridized carbons (Fsp3) is 0.267. The van der Waals surface area contributed by atoms with E-state index in [1.165, 1.54) is 0 Å². The van der Waals surface area contributed by atoms with Crippen molar-refractivity contribution in [2.24, 2.45) is 0 Å². The summed E-state index contributed by atoms with van der Waals surface area (Å²) >= 11 is 1.57. The van der Waals surface area contributed by atoms with Crippen LogP contribution in [-0.4, -0.2) is 19.8 Å². The maximum absolute atomic E-state index is 5.96. The van der Waals surface area contributed by atoms with Crippen LogP contribution in [0.5, 0.6) is 0 Å². The Kier molecular flexibility index (Phi) is 2.62. The molecule has 0 amide bonds. The van der Waals surface area contributed by atoms with Crippen LogP contribution in [0, 0.1) is 6.92 Å². The summed E-state index contributed by atoms with van der Waals surface area (Å²) in [6.45, 7) is 6.29. The van der Waals surface area contributed by atoms with E-state index in [0.717, 1.165) is 32.3 Å². The van der Waals surface area contributed by atoms with Crippen molar-refractivity contribution in [3.8, 4) is 11.6 Å². The Hall–Kier alpha value is -2.21. The lowest BCUT2D eigenvalue weighted by Gasteiger charge is -1.96. The maximum atomic E-state index is 5.96. The number of furan rings is 1. The van der Waals surface area contributed by atoms with Crippen LogP contribution in [0.1, 0.15) is 30.3 Å². The van der Waals surface area contributed by atoms with E-state index in [4.69, 9.17) is 4.42 Å². The summed E-state index contributed by atoms with van der Waals surface area (Å²) in [6, 6.07) is 7.99. The van der Waals surface area contributed by atoms with E-state index in [2.05, 4.69) is 35.2 Å². The molecule has 0 fully saturated rings. The highest BCUT2D eigenvalue weighted by Crippen LogP contribution is 2.33. The molecule has 0 aliphatic heterocycles. The summed E-state index contributed by atoms with van der Waals surface area (Å²) in [7, 11) is 0. The lowest BCUT2D eigenvalue weighted by atomic mass is 10.1. The van der Waals surface area contributed by atoms with Gasteiger partial charge >= 0.3 is 0 Å². The van der Waals surface area contributed by atoms with Gasteiger partial charge in [-0.05, 0) is 13.0 Å². The Morgan fingerprint density at radius 1 is 1.19 bits per heavy atom. The van der Waals surface area contributed by atoms with Gasteiger partial charge in [0.1, 0.15) is 10.6 Å². The van der Waals surface area contributed by atoms with Crippen molar-refractivity contribution in [2.75, 3.05) is 0 Å². The van der Waals surface area contributed by atoms with E-state index in [0.29, 0.717) is 11.7 Å². The molecule has 0 unspecified atom stereocenters. The zero-order chi connectivity index (χ0) is 14.6. The van der Waals surface area contributed by atoms with Gasteiger partial charge in [-0.3, -0.25) is 0 Å². The van der Waals surface area contributed by atoms with Gasteiger partial charge in [-0.1, -0.05) is 43.4 Å². The third-order valence-corrected chi connectivity index (χ3v) is 4.75. The number of aryl methyl sites for hydroxylation is 1. The topological polar surface area (TPSA) is 56.2 Å². The van der Waals surface area contributed by atoms with Crippen LogP contribution in [-0.2, 0) is 0 Å². The highest BCUT2D eigenvalue weighted by atomic mass is 32.1. The lowest BCUT2D eigenvalue weighted by Crippen LogP contribution is -1.93. The Labute approximate surface area is 125 Å². The number of hydrogen-bond acceptors (Lipinski definition) is 5. The molecule has 0 radical (unpaired) electrons. The number of para-hydroxylation sites is 1. The summed E-state index contributed by atoms with van der Waals surface area (Å²) in [4.78, 5) is 0.800. The van der Waals surface area contributed by atoms with Crippen molar-refractivity contribution in [1.82, 2.24) is 19.8 Å². The molecule has 0 saturated heterocycles. The average Bonchev–Trinajstić information content (AvgIpc) is 3.12. The smallest absolute Gasteiger partial charge is 0.235 e. The van der Waals surface area contributed by atoms with Crippen LogP contribution >= 0.6 is 11.3 Å². The third-order valence-electron chi connectivity index (χ3n) is 3.55. The van der Waals surface area contributed by atoms with E-state index in [9.17, 15) is 0 Å². The van der Waals surface area contributed by atoms with Gasteiger partial charge in [0.05, 0.1) is 0 Å². The van der Waals surface area contributed by atoms with Crippen LogP contribution in [0.3, 0.4) is 0 Å². The highest BCUT2D eigenvalue weighted by molar-refractivity contribution is 7.16. The summed E-state index contributed by atoms with van der Waals surface area (Å²) < 4.78 is 7.74. The number of benzene rings is 1. The Bertz CT molecular complexity index is 947. The van der Waals surface area contributed by atoms with Gasteiger partial charge < -0.3 is 4.42 Å².